The van der Waals surface area contributed by atoms with Gasteiger partial charge in [0.1, 0.15) is 6.29 Å². The summed E-state index contributed by atoms with van der Waals surface area (Å²) in [5.74, 6) is 1.63. The molecule has 2 heterocycles. The van der Waals surface area contributed by atoms with E-state index in [9.17, 15) is 9.59 Å². The number of benzene rings is 1. The molecule has 0 saturated carbocycles. The van der Waals surface area contributed by atoms with Crippen molar-refractivity contribution in [3.05, 3.63) is 57.4 Å². The molecule has 1 aromatic rings. The number of hydrogen-bond acceptors (Lipinski definition) is 5. The van der Waals surface area contributed by atoms with Crippen LogP contribution >= 0.6 is 23.5 Å². The van der Waals surface area contributed by atoms with Gasteiger partial charge in [0.05, 0.1) is 9.81 Å². The van der Waals surface area contributed by atoms with E-state index in [-0.39, 0.29) is 5.97 Å². The first kappa shape index (κ1) is 13.5. The maximum Gasteiger partial charge on any atom is 0.340 e. The van der Waals surface area contributed by atoms with E-state index in [0.717, 1.165) is 27.6 Å². The lowest BCUT2D eigenvalue weighted by molar-refractivity contribution is -0.143. The number of cyclic esters (lactones) is 1. The molecule has 0 amide bonds. The zero-order valence-electron chi connectivity index (χ0n) is 10.6. The average molecular weight is 304 g/mol. The fraction of sp³-hybridized carbons (Fsp3) is 0.200. The van der Waals surface area contributed by atoms with Gasteiger partial charge in [-0.25, -0.2) is 4.79 Å². The zero-order chi connectivity index (χ0) is 13.9. The van der Waals surface area contributed by atoms with Gasteiger partial charge in [-0.05, 0) is 11.6 Å². The summed E-state index contributed by atoms with van der Waals surface area (Å²) in [5, 5.41) is 0. The number of rotatable bonds is 2. The lowest BCUT2D eigenvalue weighted by Crippen LogP contribution is -2.21. The van der Waals surface area contributed by atoms with Gasteiger partial charge >= 0.3 is 5.97 Å². The highest BCUT2D eigenvalue weighted by Gasteiger charge is 2.31. The summed E-state index contributed by atoms with van der Waals surface area (Å²) in [4.78, 5) is 23.5. The summed E-state index contributed by atoms with van der Waals surface area (Å²) < 4.78 is 6.44. The molecule has 1 unspecified atom stereocenters. The van der Waals surface area contributed by atoms with Crippen LogP contribution in [0.3, 0.4) is 0 Å². The molecule has 2 aliphatic rings. The van der Waals surface area contributed by atoms with Crippen molar-refractivity contribution in [3.8, 4) is 0 Å². The predicted octanol–water partition coefficient (Wildman–Crippen LogP) is 3.10. The third-order valence-electron chi connectivity index (χ3n) is 3.07. The maximum absolute atomic E-state index is 12.2. The molecule has 0 spiro atoms. The molecule has 1 aromatic carbocycles. The van der Waals surface area contributed by atoms with E-state index in [1.165, 1.54) is 0 Å². The van der Waals surface area contributed by atoms with Crippen molar-refractivity contribution in [2.24, 2.45) is 0 Å². The molecule has 0 aromatic heterocycles. The number of carbonyl (C=O) groups is 2. The Kier molecular flexibility index (Phi) is 3.98. The molecule has 0 N–H and O–H groups in total. The standard InChI is InChI=1S/C15H12O3S2/c16-9-11-8-12(15-19-6-7-20-15)14(17)18-13(11)10-4-2-1-3-5-10/h1-5,8-9,13H,6-7H2. The summed E-state index contributed by atoms with van der Waals surface area (Å²) in [6, 6.07) is 9.32. The van der Waals surface area contributed by atoms with Crippen molar-refractivity contribution in [2.75, 3.05) is 11.5 Å². The fourth-order valence-corrected chi connectivity index (χ4v) is 4.60. The molecule has 1 fully saturated rings. The molecule has 0 bridgehead atoms. The van der Waals surface area contributed by atoms with E-state index in [4.69, 9.17) is 4.74 Å². The van der Waals surface area contributed by atoms with Gasteiger partial charge in [0.2, 0.25) is 0 Å². The SMILES string of the molecule is O=CC1=CC(=C2SCCS2)C(=O)OC1c1ccccc1. The Balaban J connectivity index is 2.01. The first-order valence-corrected chi connectivity index (χ1v) is 8.19. The van der Waals surface area contributed by atoms with Gasteiger partial charge in [-0.2, -0.15) is 0 Å². The van der Waals surface area contributed by atoms with Crippen LogP contribution in [-0.4, -0.2) is 23.8 Å². The van der Waals surface area contributed by atoms with Gasteiger partial charge in [0.15, 0.2) is 6.10 Å². The van der Waals surface area contributed by atoms with Crippen LogP contribution < -0.4 is 0 Å². The number of ether oxygens (including phenoxy) is 1. The smallest absolute Gasteiger partial charge is 0.340 e. The second-order valence-corrected chi connectivity index (χ2v) is 6.83. The molecular formula is C15H12O3S2. The lowest BCUT2D eigenvalue weighted by atomic mass is 9.98. The Morgan fingerprint density at radius 3 is 2.50 bits per heavy atom. The monoisotopic (exact) mass is 304 g/mol. The summed E-state index contributed by atoms with van der Waals surface area (Å²) in [6.07, 6.45) is 1.86. The van der Waals surface area contributed by atoms with Gasteiger partial charge < -0.3 is 4.74 Å². The van der Waals surface area contributed by atoms with Crippen LogP contribution in [-0.2, 0) is 14.3 Å². The Hall–Kier alpha value is -1.46. The van der Waals surface area contributed by atoms with E-state index >= 15 is 0 Å². The topological polar surface area (TPSA) is 43.4 Å². The van der Waals surface area contributed by atoms with Gasteiger partial charge in [-0.15, -0.1) is 23.5 Å². The van der Waals surface area contributed by atoms with Gasteiger partial charge in [-0.3, -0.25) is 4.79 Å². The average Bonchev–Trinajstić information content (AvgIpc) is 3.02. The Bertz CT molecular complexity index is 597. The van der Waals surface area contributed by atoms with Crippen LogP contribution in [0.4, 0.5) is 0 Å². The molecule has 0 aliphatic carbocycles. The van der Waals surface area contributed by atoms with Gasteiger partial charge in [0, 0.05) is 17.1 Å². The van der Waals surface area contributed by atoms with Crippen LogP contribution in [0.15, 0.2) is 51.8 Å². The first-order valence-electron chi connectivity index (χ1n) is 6.22. The molecule has 20 heavy (non-hydrogen) atoms. The van der Waals surface area contributed by atoms with E-state index in [0.29, 0.717) is 11.1 Å². The van der Waals surface area contributed by atoms with Gasteiger partial charge in [-0.1, -0.05) is 30.3 Å². The van der Waals surface area contributed by atoms with Crippen molar-refractivity contribution in [2.45, 2.75) is 6.10 Å². The van der Waals surface area contributed by atoms with Crippen LogP contribution in [0, 0.1) is 0 Å². The van der Waals surface area contributed by atoms with E-state index in [1.54, 1.807) is 29.6 Å². The van der Waals surface area contributed by atoms with Crippen LogP contribution in [0.25, 0.3) is 0 Å². The van der Waals surface area contributed by atoms with E-state index in [2.05, 4.69) is 0 Å². The molecule has 2 aliphatic heterocycles. The highest BCUT2D eigenvalue weighted by atomic mass is 32.2. The predicted molar refractivity (Wildman–Crippen MR) is 81.4 cm³/mol. The van der Waals surface area contributed by atoms with Crippen LogP contribution in [0.1, 0.15) is 11.7 Å². The van der Waals surface area contributed by atoms with Crippen molar-refractivity contribution >= 4 is 35.8 Å². The van der Waals surface area contributed by atoms with E-state index < -0.39 is 6.10 Å². The van der Waals surface area contributed by atoms with Crippen LogP contribution in [0.5, 0.6) is 0 Å². The Labute approximate surface area is 125 Å². The summed E-state index contributed by atoms with van der Waals surface area (Å²) in [6.45, 7) is 0. The zero-order valence-corrected chi connectivity index (χ0v) is 12.2. The Morgan fingerprint density at radius 1 is 1.15 bits per heavy atom. The van der Waals surface area contributed by atoms with Crippen molar-refractivity contribution in [3.63, 3.8) is 0 Å². The minimum Gasteiger partial charge on any atom is -0.449 e. The van der Waals surface area contributed by atoms with Crippen molar-refractivity contribution in [1.29, 1.82) is 0 Å². The minimum absolute atomic E-state index is 0.346. The first-order chi connectivity index (χ1) is 9.79. The van der Waals surface area contributed by atoms with Crippen LogP contribution in [0.2, 0.25) is 0 Å². The number of carbonyl (C=O) groups excluding carboxylic acids is 2. The molecule has 102 valence electrons. The quantitative estimate of drug-likeness (QED) is 0.477. The molecule has 3 rings (SSSR count). The molecule has 1 atom stereocenters. The third kappa shape index (κ3) is 2.55. The fourth-order valence-electron chi connectivity index (χ4n) is 2.13. The molecule has 0 radical (unpaired) electrons. The summed E-state index contributed by atoms with van der Waals surface area (Å²) in [7, 11) is 0. The Morgan fingerprint density at radius 2 is 1.85 bits per heavy atom. The third-order valence-corrected chi connectivity index (χ3v) is 5.81. The normalized spacial score (nSPS) is 22.5. The van der Waals surface area contributed by atoms with E-state index in [1.807, 2.05) is 30.3 Å². The molecule has 5 heteroatoms. The molecule has 3 nitrogen and oxygen atoms in total. The summed E-state index contributed by atoms with van der Waals surface area (Å²) >= 11 is 3.29. The largest absolute Gasteiger partial charge is 0.449 e. The minimum atomic E-state index is -0.595. The number of thioether (sulfide) groups is 2. The second-order valence-electron chi connectivity index (χ2n) is 4.36. The highest BCUT2D eigenvalue weighted by Crippen LogP contribution is 2.42. The number of aldehydes is 1. The molecule has 1 saturated heterocycles. The highest BCUT2D eigenvalue weighted by molar-refractivity contribution is 8.25. The molecular weight excluding hydrogens is 292 g/mol. The summed E-state index contributed by atoms with van der Waals surface area (Å²) in [5.41, 5.74) is 1.83. The lowest BCUT2D eigenvalue weighted by Gasteiger charge is -2.23. The number of hydrogen-bond donors (Lipinski definition) is 0. The number of esters is 1. The van der Waals surface area contributed by atoms with Crippen molar-refractivity contribution in [1.82, 2.24) is 0 Å². The van der Waals surface area contributed by atoms with Crippen molar-refractivity contribution < 1.29 is 14.3 Å². The maximum atomic E-state index is 12.2. The van der Waals surface area contributed by atoms with Gasteiger partial charge in [0.25, 0.3) is 0 Å². The second kappa shape index (κ2) is 5.89.